The number of para-hydroxylation sites is 2. The van der Waals surface area contributed by atoms with Crippen molar-refractivity contribution in [2.75, 3.05) is 13.2 Å². The largest absolute Gasteiger partial charge is 0.485 e. The van der Waals surface area contributed by atoms with Gasteiger partial charge in [-0.3, -0.25) is 20.4 Å². The molecule has 1 atom stereocenters. The Morgan fingerprint density at radius 3 is 2.42 bits per heavy atom. The quantitative estimate of drug-likeness (QED) is 0.621. The summed E-state index contributed by atoms with van der Waals surface area (Å²) in [4.78, 5) is 35.4. The van der Waals surface area contributed by atoms with E-state index in [0.717, 1.165) is 0 Å². The van der Waals surface area contributed by atoms with Crippen molar-refractivity contribution in [2.24, 2.45) is 0 Å². The summed E-state index contributed by atoms with van der Waals surface area (Å²) >= 11 is 0. The van der Waals surface area contributed by atoms with Gasteiger partial charge in [-0.1, -0.05) is 30.3 Å². The summed E-state index contributed by atoms with van der Waals surface area (Å²) in [7, 11) is 0. The second-order valence-corrected chi connectivity index (χ2v) is 5.34. The summed E-state index contributed by atoms with van der Waals surface area (Å²) in [5.74, 6) is -0.923. The van der Waals surface area contributed by atoms with Gasteiger partial charge in [0.15, 0.2) is 18.1 Å². The Bertz CT molecular complexity index is 808. The number of benzene rings is 2. The predicted octanol–water partition coefficient (Wildman–Crippen LogP) is 0.831. The fourth-order valence-electron chi connectivity index (χ4n) is 2.19. The molecule has 26 heavy (non-hydrogen) atoms. The summed E-state index contributed by atoms with van der Waals surface area (Å²) in [6.07, 6.45) is -0.961. The van der Waals surface area contributed by atoms with Crippen molar-refractivity contribution in [1.82, 2.24) is 10.9 Å². The third-order valence-corrected chi connectivity index (χ3v) is 3.47. The standard InChI is InChI=1S/C18H16N2O6/c21-16(19-20-17(22)12-6-2-1-3-7-12)11-25-18(23)15-10-24-13-8-4-5-9-14(13)26-15/h1-9,15H,10-11H2,(H,19,21)(H,20,22)/t15-/m0/s1. The molecule has 2 N–H and O–H groups in total. The Morgan fingerprint density at radius 1 is 0.962 bits per heavy atom. The fourth-order valence-corrected chi connectivity index (χ4v) is 2.19. The van der Waals surface area contributed by atoms with Crippen LogP contribution in [0.15, 0.2) is 54.6 Å². The minimum atomic E-state index is -0.961. The summed E-state index contributed by atoms with van der Waals surface area (Å²) in [6, 6.07) is 15.3. The molecule has 134 valence electrons. The Balaban J connectivity index is 1.42. The average Bonchev–Trinajstić information content (AvgIpc) is 2.70. The smallest absolute Gasteiger partial charge is 0.351 e. The van der Waals surface area contributed by atoms with Gasteiger partial charge in [0.1, 0.15) is 6.61 Å². The van der Waals surface area contributed by atoms with Crippen LogP contribution in [0.3, 0.4) is 0 Å². The molecule has 8 nitrogen and oxygen atoms in total. The number of rotatable bonds is 4. The number of amides is 2. The first-order valence-corrected chi connectivity index (χ1v) is 7.83. The molecule has 1 heterocycles. The molecule has 0 saturated carbocycles. The van der Waals surface area contributed by atoms with Crippen molar-refractivity contribution in [3.63, 3.8) is 0 Å². The van der Waals surface area contributed by atoms with Crippen LogP contribution < -0.4 is 20.3 Å². The zero-order valence-electron chi connectivity index (χ0n) is 13.6. The predicted molar refractivity (Wildman–Crippen MR) is 89.4 cm³/mol. The van der Waals surface area contributed by atoms with E-state index < -0.39 is 30.5 Å². The fraction of sp³-hybridized carbons (Fsp3) is 0.167. The lowest BCUT2D eigenvalue weighted by Gasteiger charge is -2.24. The van der Waals surface area contributed by atoms with Crippen LogP contribution in [0.1, 0.15) is 10.4 Å². The molecule has 2 aromatic rings. The maximum atomic E-state index is 12.0. The summed E-state index contributed by atoms with van der Waals surface area (Å²) in [5.41, 5.74) is 4.78. The van der Waals surface area contributed by atoms with Gasteiger partial charge in [0.25, 0.3) is 11.8 Å². The summed E-state index contributed by atoms with van der Waals surface area (Å²) in [6.45, 7) is -0.572. The van der Waals surface area contributed by atoms with Crippen molar-refractivity contribution in [3.05, 3.63) is 60.2 Å². The maximum absolute atomic E-state index is 12.0. The number of carbonyl (C=O) groups excluding carboxylic acids is 3. The molecular formula is C18H16N2O6. The highest BCUT2D eigenvalue weighted by Gasteiger charge is 2.29. The molecule has 0 fully saturated rings. The molecule has 0 unspecified atom stereocenters. The van der Waals surface area contributed by atoms with Gasteiger partial charge in [0, 0.05) is 5.56 Å². The van der Waals surface area contributed by atoms with Crippen LogP contribution in [-0.2, 0) is 14.3 Å². The topological polar surface area (TPSA) is 103 Å². The van der Waals surface area contributed by atoms with Gasteiger partial charge in [-0.2, -0.15) is 0 Å². The average molecular weight is 356 g/mol. The first kappa shape index (κ1) is 17.3. The second-order valence-electron chi connectivity index (χ2n) is 5.34. The number of carbonyl (C=O) groups is 3. The van der Waals surface area contributed by atoms with Crippen LogP contribution in [0.5, 0.6) is 11.5 Å². The van der Waals surface area contributed by atoms with Gasteiger partial charge in [-0.05, 0) is 24.3 Å². The maximum Gasteiger partial charge on any atom is 0.351 e. The van der Waals surface area contributed by atoms with Crippen molar-refractivity contribution >= 4 is 17.8 Å². The molecular weight excluding hydrogens is 340 g/mol. The molecule has 0 aromatic heterocycles. The number of esters is 1. The van der Waals surface area contributed by atoms with Crippen LogP contribution in [0.2, 0.25) is 0 Å². The van der Waals surface area contributed by atoms with Gasteiger partial charge in [-0.15, -0.1) is 0 Å². The van der Waals surface area contributed by atoms with E-state index in [1.54, 1.807) is 54.6 Å². The Kier molecular flexibility index (Phi) is 5.33. The van der Waals surface area contributed by atoms with E-state index in [0.29, 0.717) is 17.1 Å². The molecule has 1 aliphatic rings. The summed E-state index contributed by atoms with van der Waals surface area (Å²) < 4.78 is 15.8. The van der Waals surface area contributed by atoms with Gasteiger partial charge < -0.3 is 14.2 Å². The van der Waals surface area contributed by atoms with Gasteiger partial charge >= 0.3 is 5.97 Å². The molecule has 3 rings (SSSR count). The van der Waals surface area contributed by atoms with Crippen molar-refractivity contribution in [3.8, 4) is 11.5 Å². The monoisotopic (exact) mass is 356 g/mol. The van der Waals surface area contributed by atoms with Crippen LogP contribution >= 0.6 is 0 Å². The number of fused-ring (bicyclic) bond motifs is 1. The zero-order valence-corrected chi connectivity index (χ0v) is 13.6. The first-order valence-electron chi connectivity index (χ1n) is 7.83. The minimum Gasteiger partial charge on any atom is -0.485 e. The van der Waals surface area contributed by atoms with Crippen molar-refractivity contribution in [1.29, 1.82) is 0 Å². The van der Waals surface area contributed by atoms with E-state index in [1.165, 1.54) is 0 Å². The molecule has 0 saturated heterocycles. The molecule has 0 bridgehead atoms. The third-order valence-electron chi connectivity index (χ3n) is 3.47. The Labute approximate surface area is 149 Å². The second kappa shape index (κ2) is 8.02. The highest BCUT2D eigenvalue weighted by atomic mass is 16.6. The van der Waals surface area contributed by atoms with Crippen LogP contribution in [-0.4, -0.2) is 37.1 Å². The van der Waals surface area contributed by atoms with Crippen LogP contribution in [0.25, 0.3) is 0 Å². The van der Waals surface area contributed by atoms with Crippen LogP contribution in [0, 0.1) is 0 Å². The first-order chi connectivity index (χ1) is 12.6. The Hall–Kier alpha value is -3.55. The molecule has 0 radical (unpaired) electrons. The number of hydrazine groups is 1. The van der Waals surface area contributed by atoms with E-state index in [9.17, 15) is 14.4 Å². The zero-order chi connectivity index (χ0) is 18.4. The highest BCUT2D eigenvalue weighted by molar-refractivity contribution is 5.95. The van der Waals surface area contributed by atoms with E-state index in [-0.39, 0.29) is 6.61 Å². The number of hydrogen-bond acceptors (Lipinski definition) is 6. The van der Waals surface area contributed by atoms with E-state index in [2.05, 4.69) is 10.9 Å². The normalized spacial score (nSPS) is 14.8. The van der Waals surface area contributed by atoms with Crippen molar-refractivity contribution in [2.45, 2.75) is 6.10 Å². The SMILES string of the molecule is O=C(COC(=O)[C@@H]1COc2ccccc2O1)NNC(=O)c1ccccc1. The molecule has 0 spiro atoms. The van der Waals surface area contributed by atoms with Gasteiger partial charge in [-0.25, -0.2) is 4.79 Å². The molecule has 2 amide bonds. The lowest BCUT2D eigenvalue weighted by molar-refractivity contribution is -0.157. The van der Waals surface area contributed by atoms with Gasteiger partial charge in [0.05, 0.1) is 0 Å². The lowest BCUT2D eigenvalue weighted by Crippen LogP contribution is -2.45. The molecule has 2 aromatic carbocycles. The molecule has 8 heteroatoms. The van der Waals surface area contributed by atoms with E-state index in [4.69, 9.17) is 14.2 Å². The van der Waals surface area contributed by atoms with E-state index in [1.807, 2.05) is 0 Å². The number of nitrogens with one attached hydrogen (secondary N) is 2. The molecule has 0 aliphatic carbocycles. The summed E-state index contributed by atoms with van der Waals surface area (Å²) in [5, 5.41) is 0. The third kappa shape index (κ3) is 4.29. The highest BCUT2D eigenvalue weighted by Crippen LogP contribution is 2.31. The van der Waals surface area contributed by atoms with E-state index >= 15 is 0 Å². The minimum absolute atomic E-state index is 0.0117. The number of hydrogen-bond donors (Lipinski definition) is 2. The van der Waals surface area contributed by atoms with Crippen LogP contribution in [0.4, 0.5) is 0 Å². The number of ether oxygens (including phenoxy) is 3. The van der Waals surface area contributed by atoms with Gasteiger partial charge in [0.2, 0.25) is 6.10 Å². The lowest BCUT2D eigenvalue weighted by atomic mass is 10.2. The molecule has 1 aliphatic heterocycles. The van der Waals surface area contributed by atoms with Crippen molar-refractivity contribution < 1.29 is 28.6 Å². The Morgan fingerprint density at radius 2 is 1.65 bits per heavy atom.